The first-order valence-electron chi connectivity index (χ1n) is 6.41. The number of aryl methyl sites for hydroxylation is 2. The highest BCUT2D eigenvalue weighted by atomic mass is 32.2. The van der Waals surface area contributed by atoms with Gasteiger partial charge in [-0.25, -0.2) is 4.98 Å². The molecule has 0 aliphatic carbocycles. The standard InChI is InChI=1S/C14H14N4O2S/c1-9-7-12(20-18-9)8-21-14-15-13(16-17-14)6-5-11-4-3-10(2)19-11/h3-7H,8H2,1-2H3,(H,15,16,17)/b6-5+. The van der Waals surface area contributed by atoms with Gasteiger partial charge in [-0.05, 0) is 38.1 Å². The second kappa shape index (κ2) is 6.01. The fraction of sp³-hybridized carbons (Fsp3) is 0.214. The largest absolute Gasteiger partial charge is 0.462 e. The van der Waals surface area contributed by atoms with Crippen LogP contribution in [0.2, 0.25) is 0 Å². The molecule has 108 valence electrons. The molecule has 3 aromatic heterocycles. The molecule has 3 aromatic rings. The van der Waals surface area contributed by atoms with Crippen molar-refractivity contribution in [2.45, 2.75) is 24.8 Å². The van der Waals surface area contributed by atoms with E-state index in [2.05, 4.69) is 20.3 Å². The van der Waals surface area contributed by atoms with Gasteiger partial charge in [0.1, 0.15) is 23.1 Å². The average Bonchev–Trinajstić information content (AvgIpc) is 3.16. The maximum Gasteiger partial charge on any atom is 0.209 e. The number of nitrogens with zero attached hydrogens (tertiary/aromatic N) is 3. The number of aromatic amines is 1. The van der Waals surface area contributed by atoms with Gasteiger partial charge in [-0.2, -0.15) is 0 Å². The molecule has 0 saturated carbocycles. The van der Waals surface area contributed by atoms with E-state index in [1.165, 1.54) is 11.8 Å². The zero-order valence-corrected chi connectivity index (χ0v) is 12.5. The van der Waals surface area contributed by atoms with Crippen LogP contribution in [0.3, 0.4) is 0 Å². The highest BCUT2D eigenvalue weighted by Crippen LogP contribution is 2.20. The number of aromatic nitrogens is 4. The van der Waals surface area contributed by atoms with E-state index >= 15 is 0 Å². The van der Waals surface area contributed by atoms with Gasteiger partial charge in [0.15, 0.2) is 0 Å². The van der Waals surface area contributed by atoms with Gasteiger partial charge in [0.2, 0.25) is 5.16 Å². The Morgan fingerprint density at radius 1 is 1.29 bits per heavy atom. The molecule has 0 aromatic carbocycles. The fourth-order valence-corrected chi connectivity index (χ4v) is 2.40. The maximum absolute atomic E-state index is 5.45. The molecule has 1 N–H and O–H groups in total. The lowest BCUT2D eigenvalue weighted by molar-refractivity contribution is 0.391. The lowest BCUT2D eigenvalue weighted by Gasteiger charge is -1.89. The zero-order valence-electron chi connectivity index (χ0n) is 11.7. The lowest BCUT2D eigenvalue weighted by Crippen LogP contribution is -1.78. The van der Waals surface area contributed by atoms with Crippen LogP contribution in [0.5, 0.6) is 0 Å². The molecule has 7 heteroatoms. The van der Waals surface area contributed by atoms with E-state index in [9.17, 15) is 0 Å². The highest BCUT2D eigenvalue weighted by Gasteiger charge is 2.06. The van der Waals surface area contributed by atoms with Gasteiger partial charge in [0, 0.05) is 6.07 Å². The molecule has 0 radical (unpaired) electrons. The van der Waals surface area contributed by atoms with Crippen molar-refractivity contribution in [2.24, 2.45) is 0 Å². The number of hydrogen-bond acceptors (Lipinski definition) is 6. The third kappa shape index (κ3) is 3.63. The van der Waals surface area contributed by atoms with E-state index in [0.717, 1.165) is 23.0 Å². The molecule has 0 aliphatic heterocycles. The molecular weight excluding hydrogens is 288 g/mol. The predicted molar refractivity (Wildman–Crippen MR) is 79.6 cm³/mol. The summed E-state index contributed by atoms with van der Waals surface area (Å²) in [4.78, 5) is 4.36. The summed E-state index contributed by atoms with van der Waals surface area (Å²) in [6, 6.07) is 5.73. The van der Waals surface area contributed by atoms with E-state index in [-0.39, 0.29) is 0 Å². The topological polar surface area (TPSA) is 80.7 Å². The summed E-state index contributed by atoms with van der Waals surface area (Å²) in [7, 11) is 0. The number of thioether (sulfide) groups is 1. The van der Waals surface area contributed by atoms with E-state index in [1.54, 1.807) is 0 Å². The van der Waals surface area contributed by atoms with Gasteiger partial charge in [0.05, 0.1) is 11.4 Å². The lowest BCUT2D eigenvalue weighted by atomic mass is 10.4. The van der Waals surface area contributed by atoms with Crippen molar-refractivity contribution in [3.8, 4) is 0 Å². The first-order chi connectivity index (χ1) is 10.2. The molecule has 3 rings (SSSR count). The second-order valence-electron chi connectivity index (χ2n) is 4.51. The fourth-order valence-electron chi connectivity index (χ4n) is 1.72. The Morgan fingerprint density at radius 2 is 2.19 bits per heavy atom. The van der Waals surface area contributed by atoms with Crippen molar-refractivity contribution in [1.29, 1.82) is 0 Å². The zero-order chi connectivity index (χ0) is 14.7. The Kier molecular flexibility index (Phi) is 3.92. The van der Waals surface area contributed by atoms with Crippen molar-refractivity contribution in [2.75, 3.05) is 0 Å². The monoisotopic (exact) mass is 302 g/mol. The minimum absolute atomic E-state index is 0.652. The third-order valence-corrected chi connectivity index (χ3v) is 3.54. The van der Waals surface area contributed by atoms with Gasteiger partial charge >= 0.3 is 0 Å². The molecule has 0 unspecified atom stereocenters. The highest BCUT2D eigenvalue weighted by molar-refractivity contribution is 7.98. The molecule has 0 aliphatic rings. The Bertz CT molecular complexity index is 756. The number of H-pyrrole nitrogens is 1. The maximum atomic E-state index is 5.45. The van der Waals surface area contributed by atoms with Crippen LogP contribution in [0.4, 0.5) is 0 Å². The van der Waals surface area contributed by atoms with E-state index in [1.807, 2.05) is 44.2 Å². The van der Waals surface area contributed by atoms with Gasteiger partial charge in [-0.15, -0.1) is 5.10 Å². The Balaban J connectivity index is 1.59. The van der Waals surface area contributed by atoms with Crippen LogP contribution in [-0.2, 0) is 5.75 Å². The van der Waals surface area contributed by atoms with Crippen LogP contribution in [0.1, 0.15) is 28.8 Å². The number of furan rings is 1. The molecule has 3 heterocycles. The summed E-state index contributed by atoms with van der Waals surface area (Å²) in [6.45, 7) is 3.80. The molecule has 0 saturated heterocycles. The number of hydrogen-bond donors (Lipinski definition) is 1. The smallest absolute Gasteiger partial charge is 0.209 e. The quantitative estimate of drug-likeness (QED) is 0.727. The summed E-state index contributed by atoms with van der Waals surface area (Å²) >= 11 is 1.49. The van der Waals surface area contributed by atoms with Crippen LogP contribution >= 0.6 is 11.8 Å². The average molecular weight is 302 g/mol. The van der Waals surface area contributed by atoms with E-state index in [0.29, 0.717) is 16.7 Å². The Hall–Kier alpha value is -2.28. The van der Waals surface area contributed by atoms with E-state index in [4.69, 9.17) is 8.94 Å². The molecule has 21 heavy (non-hydrogen) atoms. The van der Waals surface area contributed by atoms with Crippen molar-refractivity contribution in [3.63, 3.8) is 0 Å². The molecule has 0 amide bonds. The third-order valence-electron chi connectivity index (χ3n) is 2.67. The number of nitrogens with one attached hydrogen (secondary N) is 1. The van der Waals surface area contributed by atoms with Gasteiger partial charge < -0.3 is 8.94 Å². The van der Waals surface area contributed by atoms with Crippen molar-refractivity contribution >= 4 is 23.9 Å². The Morgan fingerprint density at radius 3 is 2.90 bits per heavy atom. The van der Waals surface area contributed by atoms with Gasteiger partial charge in [0.25, 0.3) is 0 Å². The van der Waals surface area contributed by atoms with Crippen LogP contribution < -0.4 is 0 Å². The van der Waals surface area contributed by atoms with Crippen LogP contribution in [-0.4, -0.2) is 20.3 Å². The summed E-state index contributed by atoms with van der Waals surface area (Å²) in [5.74, 6) is 3.81. The first kappa shape index (κ1) is 13.7. The second-order valence-corrected chi connectivity index (χ2v) is 5.45. The molecule has 0 fully saturated rings. The summed E-state index contributed by atoms with van der Waals surface area (Å²) in [5.41, 5.74) is 0.873. The molecule has 0 spiro atoms. The van der Waals surface area contributed by atoms with Gasteiger partial charge in [-0.3, -0.25) is 5.10 Å². The summed E-state index contributed by atoms with van der Waals surface area (Å²) < 4.78 is 10.6. The SMILES string of the molecule is Cc1cc(CSc2n[nH]c(/C=C/c3ccc(C)o3)n2)on1. The minimum atomic E-state index is 0.652. The van der Waals surface area contributed by atoms with Gasteiger partial charge in [-0.1, -0.05) is 16.9 Å². The van der Waals surface area contributed by atoms with E-state index < -0.39 is 0 Å². The molecule has 6 nitrogen and oxygen atoms in total. The van der Waals surface area contributed by atoms with Crippen LogP contribution in [0.15, 0.2) is 32.3 Å². The first-order valence-corrected chi connectivity index (χ1v) is 7.39. The van der Waals surface area contributed by atoms with Crippen molar-refractivity contribution in [1.82, 2.24) is 20.3 Å². The molecule has 0 bridgehead atoms. The summed E-state index contributed by atoms with van der Waals surface area (Å²) in [6.07, 6.45) is 3.68. The number of rotatable bonds is 5. The van der Waals surface area contributed by atoms with Crippen LogP contribution in [0, 0.1) is 13.8 Å². The molecule has 0 atom stereocenters. The Labute approximate surface area is 125 Å². The molecular formula is C14H14N4O2S. The normalized spacial score (nSPS) is 11.5. The van der Waals surface area contributed by atoms with Crippen molar-refractivity contribution in [3.05, 3.63) is 47.0 Å². The summed E-state index contributed by atoms with van der Waals surface area (Å²) in [5, 5.41) is 11.5. The predicted octanol–water partition coefficient (Wildman–Crippen LogP) is 3.47. The minimum Gasteiger partial charge on any atom is -0.462 e. The van der Waals surface area contributed by atoms with Crippen LogP contribution in [0.25, 0.3) is 12.2 Å². The van der Waals surface area contributed by atoms with Crippen molar-refractivity contribution < 1.29 is 8.94 Å².